The molecule has 2 amide bonds. The summed E-state index contributed by atoms with van der Waals surface area (Å²) in [5, 5.41) is 3.04. The maximum atomic E-state index is 13.3. The van der Waals surface area contributed by atoms with Gasteiger partial charge in [0.1, 0.15) is 5.57 Å². The van der Waals surface area contributed by atoms with Crippen LogP contribution in [0.3, 0.4) is 0 Å². The average Bonchev–Trinajstić information content (AvgIpc) is 3.14. The van der Waals surface area contributed by atoms with Gasteiger partial charge in [-0.05, 0) is 32.9 Å². The van der Waals surface area contributed by atoms with E-state index in [1.807, 2.05) is 24.3 Å². The number of aromatic nitrogens is 3. The SMILES string of the molecule is Cc1[nH]n(-c2ccccc2)c(=O)c1C1=C([n+]2ccccc2)C(=O)N(C(C)C)C1=O. The van der Waals surface area contributed by atoms with Crippen molar-refractivity contribution in [3.05, 3.63) is 82.5 Å². The second-order valence-electron chi connectivity index (χ2n) is 7.17. The third-order valence-corrected chi connectivity index (χ3v) is 4.92. The predicted octanol–water partition coefficient (Wildman–Crippen LogP) is 1.91. The molecule has 0 fully saturated rings. The van der Waals surface area contributed by atoms with Crippen molar-refractivity contribution in [1.29, 1.82) is 0 Å². The molecule has 0 radical (unpaired) electrons. The summed E-state index contributed by atoms with van der Waals surface area (Å²) in [6.45, 7) is 5.28. The van der Waals surface area contributed by atoms with Crippen LogP contribution in [-0.4, -0.2) is 32.5 Å². The average molecular weight is 389 g/mol. The number of H-pyrrole nitrogens is 1. The molecule has 1 aromatic carbocycles. The number of pyridine rings is 1. The summed E-state index contributed by atoms with van der Waals surface area (Å²) < 4.78 is 2.98. The molecular weight excluding hydrogens is 368 g/mol. The van der Waals surface area contributed by atoms with Crippen LogP contribution in [0.1, 0.15) is 25.1 Å². The number of hydrogen-bond acceptors (Lipinski definition) is 3. The van der Waals surface area contributed by atoms with Gasteiger partial charge < -0.3 is 0 Å². The summed E-state index contributed by atoms with van der Waals surface area (Å²) in [5.41, 5.74) is 1.32. The Morgan fingerprint density at radius 3 is 2.14 bits per heavy atom. The summed E-state index contributed by atoms with van der Waals surface area (Å²) in [7, 11) is 0. The van der Waals surface area contributed by atoms with E-state index in [1.54, 1.807) is 62.0 Å². The first-order valence-electron chi connectivity index (χ1n) is 9.38. The normalized spacial score (nSPS) is 14.4. The molecule has 29 heavy (non-hydrogen) atoms. The molecule has 3 aromatic rings. The number of aromatic amines is 1. The highest BCUT2D eigenvalue weighted by Crippen LogP contribution is 2.30. The maximum Gasteiger partial charge on any atom is 0.327 e. The van der Waals surface area contributed by atoms with Crippen molar-refractivity contribution >= 4 is 23.1 Å². The second-order valence-corrected chi connectivity index (χ2v) is 7.17. The van der Waals surface area contributed by atoms with Crippen LogP contribution in [0.25, 0.3) is 17.0 Å². The number of para-hydroxylation sites is 1. The Kier molecular flexibility index (Phi) is 4.50. The van der Waals surface area contributed by atoms with E-state index in [0.717, 1.165) is 0 Å². The van der Waals surface area contributed by atoms with E-state index in [9.17, 15) is 14.4 Å². The molecule has 7 heteroatoms. The van der Waals surface area contributed by atoms with Gasteiger partial charge in [0.2, 0.25) is 0 Å². The predicted molar refractivity (Wildman–Crippen MR) is 108 cm³/mol. The molecule has 7 nitrogen and oxygen atoms in total. The van der Waals surface area contributed by atoms with E-state index in [4.69, 9.17) is 0 Å². The summed E-state index contributed by atoms with van der Waals surface area (Å²) in [4.78, 5) is 40.9. The lowest BCUT2D eigenvalue weighted by Gasteiger charge is -2.17. The van der Waals surface area contributed by atoms with E-state index >= 15 is 0 Å². The Morgan fingerprint density at radius 1 is 0.897 bits per heavy atom. The van der Waals surface area contributed by atoms with E-state index in [-0.39, 0.29) is 28.4 Å². The van der Waals surface area contributed by atoms with Crippen molar-refractivity contribution in [2.24, 2.45) is 0 Å². The zero-order valence-corrected chi connectivity index (χ0v) is 16.4. The molecule has 3 heterocycles. The fourth-order valence-electron chi connectivity index (χ4n) is 3.62. The Labute approximate surface area is 167 Å². The lowest BCUT2D eigenvalue weighted by atomic mass is 10.1. The van der Waals surface area contributed by atoms with Crippen LogP contribution in [0.5, 0.6) is 0 Å². The molecular formula is C22H21N4O3+. The number of imide groups is 1. The monoisotopic (exact) mass is 389 g/mol. The molecule has 0 bridgehead atoms. The van der Waals surface area contributed by atoms with E-state index in [0.29, 0.717) is 11.4 Å². The van der Waals surface area contributed by atoms with Crippen LogP contribution < -0.4 is 10.1 Å². The van der Waals surface area contributed by atoms with Crippen molar-refractivity contribution in [2.75, 3.05) is 0 Å². The molecule has 0 unspecified atom stereocenters. The molecule has 2 aromatic heterocycles. The summed E-state index contributed by atoms with van der Waals surface area (Å²) in [5.74, 6) is -0.877. The zero-order valence-electron chi connectivity index (χ0n) is 16.4. The minimum Gasteiger partial charge on any atom is -0.295 e. The topological polar surface area (TPSA) is 79.1 Å². The van der Waals surface area contributed by atoms with Gasteiger partial charge in [0.15, 0.2) is 12.4 Å². The molecule has 4 rings (SSSR count). The minimum absolute atomic E-state index is 0.119. The number of carbonyl (C=O) groups excluding carboxylic acids is 2. The highest BCUT2D eigenvalue weighted by Gasteiger charge is 2.48. The van der Waals surface area contributed by atoms with E-state index < -0.39 is 11.8 Å². The Balaban J connectivity index is 2.00. The van der Waals surface area contributed by atoms with E-state index in [1.165, 1.54) is 9.58 Å². The molecule has 0 aliphatic carbocycles. The number of hydrogen-bond donors (Lipinski definition) is 1. The van der Waals surface area contributed by atoms with Crippen LogP contribution in [-0.2, 0) is 9.59 Å². The zero-order chi connectivity index (χ0) is 20.7. The summed E-state index contributed by atoms with van der Waals surface area (Å²) in [6, 6.07) is 14.1. The molecule has 1 aliphatic rings. The smallest absolute Gasteiger partial charge is 0.295 e. The van der Waals surface area contributed by atoms with Gasteiger partial charge in [-0.15, -0.1) is 0 Å². The van der Waals surface area contributed by atoms with Crippen LogP contribution in [0.15, 0.2) is 65.7 Å². The number of nitrogens with one attached hydrogen (secondary N) is 1. The molecule has 0 atom stereocenters. The van der Waals surface area contributed by atoms with Crippen LogP contribution in [0.2, 0.25) is 0 Å². The quantitative estimate of drug-likeness (QED) is 0.547. The second kappa shape index (κ2) is 7.01. The molecule has 0 saturated heterocycles. The maximum absolute atomic E-state index is 13.3. The Bertz CT molecular complexity index is 1190. The van der Waals surface area contributed by atoms with Gasteiger partial charge in [0.25, 0.3) is 17.2 Å². The lowest BCUT2D eigenvalue weighted by Crippen LogP contribution is -2.42. The first-order chi connectivity index (χ1) is 13.9. The van der Waals surface area contributed by atoms with Crippen LogP contribution in [0.4, 0.5) is 0 Å². The third kappa shape index (κ3) is 2.91. The van der Waals surface area contributed by atoms with Crippen molar-refractivity contribution in [3.8, 4) is 5.69 Å². The largest absolute Gasteiger partial charge is 0.327 e. The van der Waals surface area contributed by atoms with Crippen molar-refractivity contribution in [2.45, 2.75) is 26.8 Å². The lowest BCUT2D eigenvalue weighted by molar-refractivity contribution is -0.576. The molecule has 1 N–H and O–H groups in total. The third-order valence-electron chi connectivity index (χ3n) is 4.92. The van der Waals surface area contributed by atoms with Crippen molar-refractivity contribution in [1.82, 2.24) is 14.7 Å². The van der Waals surface area contributed by atoms with Gasteiger partial charge in [-0.1, -0.05) is 24.3 Å². The number of aryl methyl sites for hydroxylation is 1. The summed E-state index contributed by atoms with van der Waals surface area (Å²) in [6.07, 6.45) is 3.39. The fourth-order valence-corrected chi connectivity index (χ4v) is 3.62. The first-order valence-corrected chi connectivity index (χ1v) is 9.38. The summed E-state index contributed by atoms with van der Waals surface area (Å²) >= 11 is 0. The highest BCUT2D eigenvalue weighted by molar-refractivity contribution is 6.44. The van der Waals surface area contributed by atoms with Gasteiger partial charge in [0.05, 0.1) is 11.3 Å². The van der Waals surface area contributed by atoms with Gasteiger partial charge >= 0.3 is 5.91 Å². The number of carbonyl (C=O) groups is 2. The molecule has 0 saturated carbocycles. The first kappa shape index (κ1) is 18.6. The number of rotatable bonds is 4. The fraction of sp³-hybridized carbons (Fsp3) is 0.182. The van der Waals surface area contributed by atoms with Gasteiger partial charge in [-0.2, -0.15) is 4.57 Å². The van der Waals surface area contributed by atoms with Gasteiger partial charge in [-0.25, -0.2) is 4.68 Å². The Morgan fingerprint density at radius 2 is 1.52 bits per heavy atom. The van der Waals surface area contributed by atoms with Crippen LogP contribution >= 0.6 is 0 Å². The van der Waals surface area contributed by atoms with Gasteiger partial charge in [0, 0.05) is 23.9 Å². The Hall–Kier alpha value is -3.74. The van der Waals surface area contributed by atoms with Gasteiger partial charge in [-0.3, -0.25) is 24.4 Å². The van der Waals surface area contributed by atoms with Crippen molar-refractivity contribution < 1.29 is 14.2 Å². The number of amides is 2. The standard InChI is InChI=1S/C22H20N4O3/c1-14(2)25-20(27)18(19(22(25)29)24-12-8-5-9-13-24)17-15(3)23-26(21(17)28)16-10-6-4-7-11-16/h4-14H,1-3H3/p+1. The molecule has 0 spiro atoms. The number of nitrogens with zero attached hydrogens (tertiary/aromatic N) is 3. The number of benzene rings is 1. The van der Waals surface area contributed by atoms with Crippen LogP contribution in [0, 0.1) is 6.92 Å². The molecule has 1 aliphatic heterocycles. The highest BCUT2D eigenvalue weighted by atomic mass is 16.2. The minimum atomic E-state index is -0.462. The molecule has 146 valence electrons. The van der Waals surface area contributed by atoms with Crippen molar-refractivity contribution in [3.63, 3.8) is 0 Å². The van der Waals surface area contributed by atoms with E-state index in [2.05, 4.69) is 5.10 Å².